The Morgan fingerprint density at radius 3 is 2.12 bits per heavy atom. The van der Waals surface area contributed by atoms with Crippen LogP contribution in [-0.4, -0.2) is 30.9 Å². The lowest BCUT2D eigenvalue weighted by atomic mass is 10.0. The van der Waals surface area contributed by atoms with Crippen molar-refractivity contribution in [2.45, 2.75) is 73.1 Å². The van der Waals surface area contributed by atoms with Gasteiger partial charge in [-0.2, -0.15) is 0 Å². The molecule has 146 valence electrons. The Kier molecular flexibility index (Phi) is 17.8. The van der Waals surface area contributed by atoms with Crippen molar-refractivity contribution in [1.82, 2.24) is 0 Å². The molecule has 0 aliphatic rings. The number of aryl methyl sites for hydroxylation is 1. The molecule has 0 bridgehead atoms. The summed E-state index contributed by atoms with van der Waals surface area (Å²) >= 11 is 0. The van der Waals surface area contributed by atoms with E-state index in [2.05, 4.69) is 19.1 Å². The normalized spacial score (nSPS) is 9.80. The van der Waals surface area contributed by atoms with Crippen molar-refractivity contribution in [2.24, 2.45) is 0 Å². The van der Waals surface area contributed by atoms with Crippen LogP contribution in [-0.2, 0) is 16.0 Å². The highest BCUT2D eigenvalue weighted by Gasteiger charge is 1.99. The lowest BCUT2D eigenvalue weighted by molar-refractivity contribution is -0.142. The Labute approximate surface area is 154 Å². The van der Waals surface area contributed by atoms with Gasteiger partial charge in [0.15, 0.2) is 0 Å². The predicted molar refractivity (Wildman–Crippen MR) is 106 cm³/mol. The standard InChI is InChI=1S/C19H30O4.2CH4/c1-2-3-4-5-6-7-8-9-17-10-12-18(13-11-17)23-15-14-22-16-19(20)21;;/h10-13H,2-9,14-16H2,1H3,(H,20,21);2*1H4. The van der Waals surface area contributed by atoms with Gasteiger partial charge in [-0.1, -0.05) is 72.4 Å². The fraction of sp³-hybridized carbons (Fsp3) is 0.667. The Balaban J connectivity index is 0. The van der Waals surface area contributed by atoms with Crippen molar-refractivity contribution in [3.8, 4) is 5.75 Å². The molecular formula is C21H38O4. The lowest BCUT2D eigenvalue weighted by Gasteiger charge is -2.07. The molecule has 1 rings (SSSR count). The van der Waals surface area contributed by atoms with Gasteiger partial charge in [-0.25, -0.2) is 4.79 Å². The van der Waals surface area contributed by atoms with E-state index in [0.29, 0.717) is 6.61 Å². The first-order valence-electron chi connectivity index (χ1n) is 8.73. The van der Waals surface area contributed by atoms with Crippen molar-refractivity contribution in [3.63, 3.8) is 0 Å². The summed E-state index contributed by atoms with van der Waals surface area (Å²) in [5.41, 5.74) is 1.34. The first-order chi connectivity index (χ1) is 11.2. The number of ether oxygens (including phenoxy) is 2. The predicted octanol–water partition coefficient (Wildman–Crippen LogP) is 5.73. The third kappa shape index (κ3) is 14.5. The molecule has 0 amide bonds. The Morgan fingerprint density at radius 2 is 1.52 bits per heavy atom. The summed E-state index contributed by atoms with van der Waals surface area (Å²) in [6.45, 7) is 2.62. The van der Waals surface area contributed by atoms with Gasteiger partial charge in [-0.3, -0.25) is 0 Å². The van der Waals surface area contributed by atoms with Crippen LogP contribution in [0, 0.1) is 0 Å². The molecule has 0 unspecified atom stereocenters. The highest BCUT2D eigenvalue weighted by Crippen LogP contribution is 2.15. The van der Waals surface area contributed by atoms with Crippen LogP contribution in [0.3, 0.4) is 0 Å². The fourth-order valence-corrected chi connectivity index (χ4v) is 2.42. The maximum absolute atomic E-state index is 10.3. The van der Waals surface area contributed by atoms with Gasteiger partial charge in [0.1, 0.15) is 19.0 Å². The van der Waals surface area contributed by atoms with Gasteiger partial charge in [0.05, 0.1) is 6.61 Å². The number of hydrogen-bond donors (Lipinski definition) is 1. The van der Waals surface area contributed by atoms with Crippen LogP contribution < -0.4 is 4.74 Å². The van der Waals surface area contributed by atoms with Crippen LogP contribution in [0.25, 0.3) is 0 Å². The second-order valence-electron chi connectivity index (χ2n) is 5.81. The maximum atomic E-state index is 10.3. The lowest BCUT2D eigenvalue weighted by Crippen LogP contribution is -2.12. The second-order valence-corrected chi connectivity index (χ2v) is 5.81. The number of carbonyl (C=O) groups is 1. The first kappa shape index (κ1) is 25.7. The highest BCUT2D eigenvalue weighted by atomic mass is 16.5. The number of benzene rings is 1. The third-order valence-electron chi connectivity index (χ3n) is 3.71. The average molecular weight is 355 g/mol. The largest absolute Gasteiger partial charge is 0.491 e. The van der Waals surface area contributed by atoms with Crippen molar-refractivity contribution in [3.05, 3.63) is 29.8 Å². The summed E-state index contributed by atoms with van der Waals surface area (Å²) < 4.78 is 10.4. The maximum Gasteiger partial charge on any atom is 0.329 e. The van der Waals surface area contributed by atoms with E-state index < -0.39 is 5.97 Å². The SMILES string of the molecule is C.C.CCCCCCCCCc1ccc(OCCOCC(=O)O)cc1. The van der Waals surface area contributed by atoms with Crippen LogP contribution in [0.4, 0.5) is 0 Å². The monoisotopic (exact) mass is 354 g/mol. The molecule has 0 saturated carbocycles. The molecule has 0 aromatic heterocycles. The molecule has 0 atom stereocenters. The zero-order valence-corrected chi connectivity index (χ0v) is 14.3. The molecule has 0 spiro atoms. The summed E-state index contributed by atoms with van der Waals surface area (Å²) in [6, 6.07) is 8.14. The number of hydrogen-bond acceptors (Lipinski definition) is 3. The van der Waals surface area contributed by atoms with Gasteiger partial charge in [-0.05, 0) is 30.5 Å². The molecule has 25 heavy (non-hydrogen) atoms. The number of unbranched alkanes of at least 4 members (excludes halogenated alkanes) is 6. The average Bonchev–Trinajstić information content (AvgIpc) is 2.55. The molecule has 0 saturated heterocycles. The molecule has 0 aliphatic carbocycles. The number of aliphatic carboxylic acids is 1. The van der Waals surface area contributed by atoms with Crippen molar-refractivity contribution < 1.29 is 19.4 Å². The third-order valence-corrected chi connectivity index (χ3v) is 3.71. The highest BCUT2D eigenvalue weighted by molar-refractivity contribution is 5.67. The van der Waals surface area contributed by atoms with Crippen molar-refractivity contribution in [2.75, 3.05) is 19.8 Å². The molecule has 1 aromatic rings. The van der Waals surface area contributed by atoms with Gasteiger partial charge < -0.3 is 14.6 Å². The Morgan fingerprint density at radius 1 is 0.920 bits per heavy atom. The van der Waals surface area contributed by atoms with E-state index in [1.165, 1.54) is 50.5 Å². The molecule has 0 radical (unpaired) electrons. The number of rotatable bonds is 14. The number of carboxylic acids is 1. The van der Waals surface area contributed by atoms with Gasteiger partial charge >= 0.3 is 5.97 Å². The molecule has 0 heterocycles. The van der Waals surface area contributed by atoms with E-state index in [0.717, 1.165) is 12.2 Å². The second kappa shape index (κ2) is 17.3. The van der Waals surface area contributed by atoms with Gasteiger partial charge in [-0.15, -0.1) is 0 Å². The van der Waals surface area contributed by atoms with E-state index in [1.807, 2.05) is 12.1 Å². The zero-order valence-electron chi connectivity index (χ0n) is 14.3. The molecule has 4 nitrogen and oxygen atoms in total. The summed E-state index contributed by atoms with van der Waals surface area (Å²) in [7, 11) is 0. The molecule has 4 heteroatoms. The minimum atomic E-state index is -0.959. The summed E-state index contributed by atoms with van der Waals surface area (Å²) in [5, 5.41) is 8.44. The molecule has 1 N–H and O–H groups in total. The van der Waals surface area contributed by atoms with Crippen LogP contribution in [0.1, 0.15) is 72.3 Å². The minimum Gasteiger partial charge on any atom is -0.491 e. The molecular weight excluding hydrogens is 316 g/mol. The van der Waals surface area contributed by atoms with Crippen LogP contribution in [0.15, 0.2) is 24.3 Å². The van der Waals surface area contributed by atoms with Gasteiger partial charge in [0.2, 0.25) is 0 Å². The summed E-state index contributed by atoms with van der Waals surface area (Å²) in [5.74, 6) is -0.160. The fourth-order valence-electron chi connectivity index (χ4n) is 2.42. The zero-order chi connectivity index (χ0) is 16.8. The Bertz CT molecular complexity index is 414. The van der Waals surface area contributed by atoms with Crippen molar-refractivity contribution >= 4 is 5.97 Å². The Hall–Kier alpha value is -1.55. The van der Waals surface area contributed by atoms with Crippen LogP contribution in [0.5, 0.6) is 5.75 Å². The van der Waals surface area contributed by atoms with E-state index in [4.69, 9.17) is 14.6 Å². The molecule has 0 aliphatic heterocycles. The summed E-state index contributed by atoms with van der Waals surface area (Å²) in [4.78, 5) is 10.3. The van der Waals surface area contributed by atoms with Crippen LogP contribution in [0.2, 0.25) is 0 Å². The van der Waals surface area contributed by atoms with Gasteiger partial charge in [0.25, 0.3) is 0 Å². The molecule has 1 aromatic carbocycles. The minimum absolute atomic E-state index is 0. The molecule has 0 fully saturated rings. The number of carboxylic acid groups (broad SMARTS) is 1. The topological polar surface area (TPSA) is 55.8 Å². The quantitative estimate of drug-likeness (QED) is 0.433. The van der Waals surface area contributed by atoms with Gasteiger partial charge in [0, 0.05) is 0 Å². The van der Waals surface area contributed by atoms with E-state index in [-0.39, 0.29) is 28.1 Å². The van der Waals surface area contributed by atoms with Crippen LogP contribution >= 0.6 is 0 Å². The van der Waals surface area contributed by atoms with Crippen molar-refractivity contribution in [1.29, 1.82) is 0 Å². The smallest absolute Gasteiger partial charge is 0.329 e. The van der Waals surface area contributed by atoms with E-state index >= 15 is 0 Å². The summed E-state index contributed by atoms with van der Waals surface area (Å²) in [6.07, 6.45) is 10.4. The first-order valence-corrected chi connectivity index (χ1v) is 8.73. The van der Waals surface area contributed by atoms with E-state index in [9.17, 15) is 4.79 Å². The van der Waals surface area contributed by atoms with E-state index in [1.54, 1.807) is 0 Å².